The van der Waals surface area contributed by atoms with Crippen LogP contribution in [0, 0.1) is 0 Å². The van der Waals surface area contributed by atoms with E-state index in [1.165, 1.54) is 7.11 Å². The van der Waals surface area contributed by atoms with Crippen LogP contribution in [0.2, 0.25) is 0 Å². The molecule has 2 aromatic carbocycles. The lowest BCUT2D eigenvalue weighted by molar-refractivity contribution is 0.0438. The van der Waals surface area contributed by atoms with Crippen molar-refractivity contribution in [3.05, 3.63) is 60.0 Å². The van der Waals surface area contributed by atoms with Crippen LogP contribution in [-0.4, -0.2) is 29.9 Å². The van der Waals surface area contributed by atoms with E-state index in [0.29, 0.717) is 29.6 Å². The number of hydrogen-bond donors (Lipinski definition) is 0. The van der Waals surface area contributed by atoms with Gasteiger partial charge in [0.2, 0.25) is 5.89 Å². The fourth-order valence-corrected chi connectivity index (χ4v) is 2.29. The maximum atomic E-state index is 12.2. The minimum atomic E-state index is -0.520. The van der Waals surface area contributed by atoms with Crippen molar-refractivity contribution in [1.82, 2.24) is 10.2 Å². The highest BCUT2D eigenvalue weighted by atomic mass is 16.5. The van der Waals surface area contributed by atoms with E-state index in [-0.39, 0.29) is 12.5 Å². The van der Waals surface area contributed by atoms with Crippen LogP contribution in [0.25, 0.3) is 11.5 Å². The maximum absolute atomic E-state index is 12.2. The molecule has 3 rings (SSSR count). The third-order valence-corrected chi connectivity index (χ3v) is 3.51. The molecule has 0 saturated carbocycles. The standard InChI is InChI=1S/C19H18N2O5/c1-3-24-16-11-14(9-10-15(16)23-2)19(22)25-12-17-20-21-18(26-17)13-7-5-4-6-8-13/h4-11H,3,12H2,1-2H3. The molecule has 26 heavy (non-hydrogen) atoms. The Morgan fingerprint density at radius 1 is 1.08 bits per heavy atom. The molecule has 0 aliphatic carbocycles. The van der Waals surface area contributed by atoms with Crippen molar-refractivity contribution in [2.45, 2.75) is 13.5 Å². The van der Waals surface area contributed by atoms with E-state index in [4.69, 9.17) is 18.6 Å². The second kappa shape index (κ2) is 8.15. The molecule has 0 radical (unpaired) electrons. The lowest BCUT2D eigenvalue weighted by atomic mass is 10.2. The van der Waals surface area contributed by atoms with Crippen LogP contribution < -0.4 is 9.47 Å². The Balaban J connectivity index is 1.66. The Morgan fingerprint density at radius 2 is 1.88 bits per heavy atom. The van der Waals surface area contributed by atoms with E-state index in [1.54, 1.807) is 18.2 Å². The van der Waals surface area contributed by atoms with Gasteiger partial charge in [-0.05, 0) is 37.3 Å². The molecule has 7 heteroatoms. The van der Waals surface area contributed by atoms with Gasteiger partial charge < -0.3 is 18.6 Å². The molecular weight excluding hydrogens is 336 g/mol. The molecule has 3 aromatic rings. The third kappa shape index (κ3) is 4.00. The van der Waals surface area contributed by atoms with Gasteiger partial charge in [0.25, 0.3) is 5.89 Å². The summed E-state index contributed by atoms with van der Waals surface area (Å²) < 4.78 is 21.4. The van der Waals surface area contributed by atoms with Crippen LogP contribution in [0.15, 0.2) is 52.9 Å². The summed E-state index contributed by atoms with van der Waals surface area (Å²) in [7, 11) is 1.54. The first-order valence-corrected chi connectivity index (χ1v) is 8.07. The van der Waals surface area contributed by atoms with Gasteiger partial charge in [-0.3, -0.25) is 0 Å². The largest absolute Gasteiger partial charge is 0.493 e. The van der Waals surface area contributed by atoms with Gasteiger partial charge >= 0.3 is 5.97 Å². The van der Waals surface area contributed by atoms with Gasteiger partial charge in [-0.1, -0.05) is 18.2 Å². The highest BCUT2D eigenvalue weighted by molar-refractivity contribution is 5.90. The smallest absolute Gasteiger partial charge is 0.338 e. The predicted octanol–water partition coefficient (Wildman–Crippen LogP) is 3.50. The fourth-order valence-electron chi connectivity index (χ4n) is 2.29. The third-order valence-electron chi connectivity index (χ3n) is 3.51. The van der Waals surface area contributed by atoms with Gasteiger partial charge in [-0.15, -0.1) is 10.2 Å². The van der Waals surface area contributed by atoms with E-state index < -0.39 is 5.97 Å². The summed E-state index contributed by atoms with van der Waals surface area (Å²) in [6.45, 7) is 2.19. The predicted molar refractivity (Wildman–Crippen MR) is 93.0 cm³/mol. The van der Waals surface area contributed by atoms with Gasteiger partial charge in [0.15, 0.2) is 18.1 Å². The quantitative estimate of drug-likeness (QED) is 0.600. The average molecular weight is 354 g/mol. The number of benzene rings is 2. The van der Waals surface area contributed by atoms with Gasteiger partial charge in [-0.25, -0.2) is 4.79 Å². The molecule has 0 N–H and O–H groups in total. The zero-order chi connectivity index (χ0) is 18.4. The Hall–Kier alpha value is -3.35. The minimum Gasteiger partial charge on any atom is -0.493 e. The van der Waals surface area contributed by atoms with Crippen molar-refractivity contribution in [2.75, 3.05) is 13.7 Å². The molecule has 0 spiro atoms. The Bertz CT molecular complexity index is 877. The molecule has 1 aromatic heterocycles. The second-order valence-corrected chi connectivity index (χ2v) is 5.24. The fraction of sp³-hybridized carbons (Fsp3) is 0.211. The van der Waals surface area contributed by atoms with Crippen LogP contribution >= 0.6 is 0 Å². The number of carbonyl (C=O) groups excluding carboxylic acids is 1. The maximum Gasteiger partial charge on any atom is 0.338 e. The number of rotatable bonds is 7. The van der Waals surface area contributed by atoms with Crippen molar-refractivity contribution in [1.29, 1.82) is 0 Å². The number of carbonyl (C=O) groups is 1. The Morgan fingerprint density at radius 3 is 2.62 bits per heavy atom. The molecule has 0 aliphatic rings. The summed E-state index contributed by atoms with van der Waals surface area (Å²) in [5.41, 5.74) is 1.14. The van der Waals surface area contributed by atoms with E-state index in [2.05, 4.69) is 10.2 Å². The molecule has 0 unspecified atom stereocenters. The highest BCUT2D eigenvalue weighted by Gasteiger charge is 2.15. The second-order valence-electron chi connectivity index (χ2n) is 5.24. The van der Waals surface area contributed by atoms with Crippen molar-refractivity contribution >= 4 is 5.97 Å². The number of hydrogen-bond acceptors (Lipinski definition) is 7. The van der Waals surface area contributed by atoms with Crippen molar-refractivity contribution in [3.8, 4) is 23.0 Å². The van der Waals surface area contributed by atoms with Crippen LogP contribution in [0.4, 0.5) is 0 Å². The van der Waals surface area contributed by atoms with Crippen LogP contribution in [0.1, 0.15) is 23.2 Å². The summed E-state index contributed by atoms with van der Waals surface area (Å²) in [6, 6.07) is 14.2. The van der Waals surface area contributed by atoms with Gasteiger partial charge in [-0.2, -0.15) is 0 Å². The van der Waals surface area contributed by atoms with Gasteiger partial charge in [0.05, 0.1) is 19.3 Å². The minimum absolute atomic E-state index is 0.116. The highest BCUT2D eigenvalue weighted by Crippen LogP contribution is 2.28. The zero-order valence-electron chi connectivity index (χ0n) is 14.5. The summed E-state index contributed by atoms with van der Waals surface area (Å²) in [5.74, 6) is 1.10. The summed E-state index contributed by atoms with van der Waals surface area (Å²) >= 11 is 0. The first kappa shape index (κ1) is 17.5. The molecule has 0 amide bonds. The Labute approximate surface area is 150 Å². The molecule has 0 bridgehead atoms. The van der Waals surface area contributed by atoms with Crippen molar-refractivity contribution in [3.63, 3.8) is 0 Å². The number of aromatic nitrogens is 2. The summed E-state index contributed by atoms with van der Waals surface area (Å²) in [4.78, 5) is 12.2. The van der Waals surface area contributed by atoms with Gasteiger partial charge in [0, 0.05) is 5.56 Å². The zero-order valence-corrected chi connectivity index (χ0v) is 14.5. The first-order chi connectivity index (χ1) is 12.7. The molecule has 1 heterocycles. The monoisotopic (exact) mass is 354 g/mol. The molecule has 0 atom stereocenters. The van der Waals surface area contributed by atoms with E-state index in [1.807, 2.05) is 37.3 Å². The van der Waals surface area contributed by atoms with E-state index in [9.17, 15) is 4.79 Å². The summed E-state index contributed by atoms with van der Waals surface area (Å²) in [5, 5.41) is 7.85. The summed E-state index contributed by atoms with van der Waals surface area (Å²) in [6.07, 6.45) is 0. The SMILES string of the molecule is CCOc1cc(C(=O)OCc2nnc(-c3ccccc3)o2)ccc1OC. The lowest BCUT2D eigenvalue weighted by Crippen LogP contribution is -2.06. The molecule has 0 saturated heterocycles. The van der Waals surface area contributed by atoms with Crippen LogP contribution in [0.5, 0.6) is 11.5 Å². The lowest BCUT2D eigenvalue weighted by Gasteiger charge is -2.10. The Kier molecular flexibility index (Phi) is 5.48. The number of nitrogens with zero attached hydrogens (tertiary/aromatic N) is 2. The van der Waals surface area contributed by atoms with Crippen LogP contribution in [0.3, 0.4) is 0 Å². The van der Waals surface area contributed by atoms with E-state index >= 15 is 0 Å². The number of methoxy groups -OCH3 is 1. The molecular formula is C19H18N2O5. The number of esters is 1. The van der Waals surface area contributed by atoms with Crippen molar-refractivity contribution in [2.24, 2.45) is 0 Å². The molecule has 7 nitrogen and oxygen atoms in total. The first-order valence-electron chi connectivity index (χ1n) is 8.07. The van der Waals surface area contributed by atoms with Gasteiger partial charge in [0.1, 0.15) is 0 Å². The van der Waals surface area contributed by atoms with Crippen LogP contribution in [-0.2, 0) is 11.3 Å². The molecule has 134 valence electrons. The molecule has 0 fully saturated rings. The van der Waals surface area contributed by atoms with E-state index in [0.717, 1.165) is 5.56 Å². The average Bonchev–Trinajstić information content (AvgIpc) is 3.16. The van der Waals surface area contributed by atoms with Crippen molar-refractivity contribution < 1.29 is 23.4 Å². The topological polar surface area (TPSA) is 83.7 Å². The number of ether oxygens (including phenoxy) is 3. The molecule has 0 aliphatic heterocycles. The normalized spacial score (nSPS) is 10.4.